The van der Waals surface area contributed by atoms with Crippen LogP contribution in [0.25, 0.3) is 16.6 Å². The predicted octanol–water partition coefficient (Wildman–Crippen LogP) is 3.37. The van der Waals surface area contributed by atoms with E-state index < -0.39 is 0 Å². The third-order valence-corrected chi connectivity index (χ3v) is 5.13. The van der Waals surface area contributed by atoms with E-state index in [-0.39, 0.29) is 17.3 Å². The zero-order valence-electron chi connectivity index (χ0n) is 14.8. The number of amides is 1. The van der Waals surface area contributed by atoms with E-state index in [0.29, 0.717) is 22.2 Å². The Bertz CT molecular complexity index is 1170. The molecule has 1 saturated carbocycles. The highest BCUT2D eigenvalue weighted by Crippen LogP contribution is 2.45. The number of benzene rings is 1. The number of carbonyl (C=O) groups is 1. The van der Waals surface area contributed by atoms with E-state index in [1.165, 1.54) is 12.1 Å². The van der Waals surface area contributed by atoms with Crippen LogP contribution in [0.4, 0.5) is 4.39 Å². The number of pyridine rings is 2. The average Bonchev–Trinajstić information content (AvgIpc) is 3.38. The first kappa shape index (κ1) is 16.6. The fourth-order valence-electron chi connectivity index (χ4n) is 3.45. The molecule has 5 rings (SSSR count). The van der Waals surface area contributed by atoms with Crippen molar-refractivity contribution < 1.29 is 9.18 Å². The molecule has 0 unspecified atom stereocenters. The number of nitrogens with one attached hydrogen (secondary N) is 1. The van der Waals surface area contributed by atoms with Gasteiger partial charge in [-0.15, -0.1) is 0 Å². The normalized spacial score (nSPS) is 14.8. The molecule has 1 amide bonds. The molecule has 1 N–H and O–H groups in total. The maximum Gasteiger partial charge on any atom is 0.254 e. The summed E-state index contributed by atoms with van der Waals surface area (Å²) in [5.74, 6) is -0.512. The summed E-state index contributed by atoms with van der Waals surface area (Å²) in [5, 5.41) is 8.21. The number of aromatic nitrogens is 4. The van der Waals surface area contributed by atoms with Crippen LogP contribution in [-0.2, 0) is 5.54 Å². The molecule has 3 aromatic heterocycles. The van der Waals surface area contributed by atoms with Crippen LogP contribution in [0.2, 0.25) is 0 Å². The lowest BCUT2D eigenvalue weighted by atomic mass is 10.1. The number of carbonyl (C=O) groups excluding carboxylic acids is 1. The molecular formula is C21H16FN5O. The van der Waals surface area contributed by atoms with E-state index >= 15 is 0 Å². The minimum absolute atomic E-state index is 0.196. The molecule has 1 aromatic carbocycles. The highest BCUT2D eigenvalue weighted by atomic mass is 19.1. The molecule has 138 valence electrons. The van der Waals surface area contributed by atoms with Crippen LogP contribution in [0.3, 0.4) is 0 Å². The third-order valence-electron chi connectivity index (χ3n) is 5.13. The number of hydrogen-bond donors (Lipinski definition) is 1. The Kier molecular flexibility index (Phi) is 3.68. The zero-order valence-corrected chi connectivity index (χ0v) is 14.8. The Morgan fingerprint density at radius 3 is 2.57 bits per heavy atom. The Morgan fingerprint density at radius 1 is 1.04 bits per heavy atom. The molecule has 0 bridgehead atoms. The van der Waals surface area contributed by atoms with E-state index in [0.717, 1.165) is 18.4 Å². The molecule has 1 fully saturated rings. The Balaban J connectivity index is 1.50. The van der Waals surface area contributed by atoms with Crippen LogP contribution in [0.5, 0.6) is 0 Å². The molecule has 7 heteroatoms. The smallest absolute Gasteiger partial charge is 0.254 e. The van der Waals surface area contributed by atoms with Gasteiger partial charge >= 0.3 is 0 Å². The van der Waals surface area contributed by atoms with Gasteiger partial charge in [0.1, 0.15) is 5.82 Å². The second kappa shape index (κ2) is 6.23. The SMILES string of the molecule is O=C(NC1(c2cccnc2)CC1)c1cncc2c1cnn2-c1ccc(F)cc1. The number of halogens is 1. The fourth-order valence-corrected chi connectivity index (χ4v) is 3.45. The number of nitrogens with zero attached hydrogens (tertiary/aromatic N) is 4. The van der Waals surface area contributed by atoms with E-state index in [1.54, 1.807) is 47.8 Å². The molecule has 28 heavy (non-hydrogen) atoms. The summed E-state index contributed by atoms with van der Waals surface area (Å²) in [6, 6.07) is 9.86. The summed E-state index contributed by atoms with van der Waals surface area (Å²) in [7, 11) is 0. The van der Waals surface area contributed by atoms with Crippen molar-refractivity contribution in [2.75, 3.05) is 0 Å². The Labute approximate surface area is 160 Å². The van der Waals surface area contributed by atoms with Gasteiger partial charge in [-0.2, -0.15) is 5.10 Å². The molecule has 0 aliphatic heterocycles. The summed E-state index contributed by atoms with van der Waals surface area (Å²) < 4.78 is 14.9. The number of rotatable bonds is 4. The summed E-state index contributed by atoms with van der Waals surface area (Å²) in [5.41, 5.74) is 2.49. The van der Waals surface area contributed by atoms with E-state index in [9.17, 15) is 9.18 Å². The van der Waals surface area contributed by atoms with Crippen LogP contribution >= 0.6 is 0 Å². The summed E-state index contributed by atoms with van der Waals surface area (Å²) in [6.45, 7) is 0. The van der Waals surface area contributed by atoms with Gasteiger partial charge in [-0.05, 0) is 48.7 Å². The van der Waals surface area contributed by atoms with Crippen LogP contribution in [0.1, 0.15) is 28.8 Å². The van der Waals surface area contributed by atoms with Crippen molar-refractivity contribution >= 4 is 16.8 Å². The molecule has 1 aliphatic carbocycles. The van der Waals surface area contributed by atoms with Crippen molar-refractivity contribution in [3.8, 4) is 5.69 Å². The molecular weight excluding hydrogens is 357 g/mol. The second-order valence-electron chi connectivity index (χ2n) is 6.93. The lowest BCUT2D eigenvalue weighted by Crippen LogP contribution is -2.35. The van der Waals surface area contributed by atoms with Crippen LogP contribution in [0.15, 0.2) is 67.4 Å². The first-order chi connectivity index (χ1) is 13.7. The summed E-state index contributed by atoms with van der Waals surface area (Å²) in [4.78, 5) is 21.4. The summed E-state index contributed by atoms with van der Waals surface area (Å²) in [6.07, 6.45) is 10.1. The molecule has 0 saturated heterocycles. The van der Waals surface area contributed by atoms with Crippen molar-refractivity contribution in [2.45, 2.75) is 18.4 Å². The quantitative estimate of drug-likeness (QED) is 0.595. The first-order valence-electron chi connectivity index (χ1n) is 8.97. The van der Waals surface area contributed by atoms with Crippen molar-refractivity contribution in [1.82, 2.24) is 25.1 Å². The molecule has 0 atom stereocenters. The summed E-state index contributed by atoms with van der Waals surface area (Å²) >= 11 is 0. The Morgan fingerprint density at radius 2 is 1.86 bits per heavy atom. The standard InChI is InChI=1S/C21H16FN5O/c22-15-3-5-16(6-4-15)27-19-13-24-11-18(17(19)12-25-27)20(28)26-21(7-8-21)14-2-1-9-23-10-14/h1-6,9-13H,7-8H2,(H,26,28). The molecule has 0 radical (unpaired) electrons. The van der Waals surface area contributed by atoms with Crippen LogP contribution in [0, 0.1) is 5.82 Å². The molecule has 3 heterocycles. The maximum absolute atomic E-state index is 13.2. The van der Waals surface area contributed by atoms with Gasteiger partial charge in [-0.3, -0.25) is 14.8 Å². The van der Waals surface area contributed by atoms with E-state index in [1.807, 2.05) is 12.1 Å². The highest BCUT2D eigenvalue weighted by molar-refractivity contribution is 6.06. The van der Waals surface area contributed by atoms with Crippen molar-refractivity contribution in [1.29, 1.82) is 0 Å². The van der Waals surface area contributed by atoms with Crippen molar-refractivity contribution in [2.24, 2.45) is 0 Å². The van der Waals surface area contributed by atoms with Gasteiger partial charge in [0, 0.05) is 24.0 Å². The monoisotopic (exact) mass is 373 g/mol. The topological polar surface area (TPSA) is 72.7 Å². The first-order valence-corrected chi connectivity index (χ1v) is 8.97. The van der Waals surface area contributed by atoms with Crippen molar-refractivity contribution in [3.05, 3.63) is 84.3 Å². The molecule has 6 nitrogen and oxygen atoms in total. The van der Waals surface area contributed by atoms with E-state index in [4.69, 9.17) is 0 Å². The van der Waals surface area contributed by atoms with Gasteiger partial charge in [0.05, 0.1) is 34.7 Å². The van der Waals surface area contributed by atoms with Gasteiger partial charge in [-0.1, -0.05) is 6.07 Å². The third kappa shape index (κ3) is 2.72. The van der Waals surface area contributed by atoms with Crippen LogP contribution < -0.4 is 5.32 Å². The molecule has 1 aliphatic rings. The fraction of sp³-hybridized carbons (Fsp3) is 0.143. The van der Waals surface area contributed by atoms with Crippen LogP contribution in [-0.4, -0.2) is 25.7 Å². The molecule has 4 aromatic rings. The molecule has 0 spiro atoms. The van der Waals surface area contributed by atoms with Gasteiger partial charge in [0.15, 0.2) is 0 Å². The van der Waals surface area contributed by atoms with Gasteiger partial charge in [-0.25, -0.2) is 9.07 Å². The average molecular weight is 373 g/mol. The van der Waals surface area contributed by atoms with Gasteiger partial charge in [0.25, 0.3) is 5.91 Å². The minimum atomic E-state index is -0.361. The Hall–Kier alpha value is -3.61. The number of fused-ring (bicyclic) bond motifs is 1. The largest absolute Gasteiger partial charge is 0.342 e. The van der Waals surface area contributed by atoms with Gasteiger partial charge < -0.3 is 5.32 Å². The second-order valence-corrected chi connectivity index (χ2v) is 6.93. The van der Waals surface area contributed by atoms with Crippen molar-refractivity contribution in [3.63, 3.8) is 0 Å². The lowest BCUT2D eigenvalue weighted by molar-refractivity contribution is 0.0932. The maximum atomic E-state index is 13.2. The minimum Gasteiger partial charge on any atom is -0.342 e. The van der Waals surface area contributed by atoms with Gasteiger partial charge in [0.2, 0.25) is 0 Å². The van der Waals surface area contributed by atoms with E-state index in [2.05, 4.69) is 20.4 Å². The highest BCUT2D eigenvalue weighted by Gasteiger charge is 2.46. The zero-order chi connectivity index (χ0) is 19.1. The predicted molar refractivity (Wildman–Crippen MR) is 101 cm³/mol. The number of hydrogen-bond acceptors (Lipinski definition) is 4. The lowest BCUT2D eigenvalue weighted by Gasteiger charge is -2.17.